The van der Waals surface area contributed by atoms with E-state index in [9.17, 15) is 9.90 Å². The number of hydrogen-bond donors (Lipinski definition) is 2. The lowest BCUT2D eigenvalue weighted by molar-refractivity contribution is -0.144. The molecule has 1 heterocycles. The van der Waals surface area contributed by atoms with Gasteiger partial charge in [0.25, 0.3) is 0 Å². The fourth-order valence-electron chi connectivity index (χ4n) is 5.49. The number of thiazole rings is 1. The number of carboxylic acid groups (broad SMARTS) is 1. The summed E-state index contributed by atoms with van der Waals surface area (Å²) < 4.78 is 0.939. The predicted molar refractivity (Wildman–Crippen MR) is 123 cm³/mol. The number of benzene rings is 2. The molecule has 1 aromatic heterocycles. The molecule has 1 fully saturated rings. The van der Waals surface area contributed by atoms with Crippen molar-refractivity contribution in [2.24, 2.45) is 0 Å². The van der Waals surface area contributed by atoms with Gasteiger partial charge in [-0.05, 0) is 61.4 Å². The van der Waals surface area contributed by atoms with Crippen LogP contribution in [0, 0.1) is 0 Å². The maximum atomic E-state index is 12.4. The minimum Gasteiger partial charge on any atom is -0.480 e. The van der Waals surface area contributed by atoms with E-state index in [1.165, 1.54) is 16.1 Å². The third kappa shape index (κ3) is 3.17. The Hall–Kier alpha value is -2.18. The van der Waals surface area contributed by atoms with E-state index in [0.717, 1.165) is 29.4 Å². The molecule has 2 aliphatic carbocycles. The number of carbonyl (C=O) groups is 1. The third-order valence-electron chi connectivity index (χ3n) is 7.01. The first-order valence-corrected chi connectivity index (χ1v) is 11.9. The van der Waals surface area contributed by atoms with Crippen molar-refractivity contribution in [1.82, 2.24) is 4.98 Å². The zero-order chi connectivity index (χ0) is 20.8. The molecule has 5 rings (SSSR count). The smallest absolute Gasteiger partial charge is 0.329 e. The predicted octanol–water partition coefficient (Wildman–Crippen LogP) is 5.99. The molecule has 30 heavy (non-hydrogen) atoms. The van der Waals surface area contributed by atoms with Crippen LogP contribution in [0.25, 0.3) is 0 Å². The number of nitrogens with zero attached hydrogens (tertiary/aromatic N) is 1. The van der Waals surface area contributed by atoms with E-state index in [-0.39, 0.29) is 5.41 Å². The Labute approximate surface area is 188 Å². The van der Waals surface area contributed by atoms with Crippen molar-refractivity contribution < 1.29 is 9.90 Å². The minimum atomic E-state index is -0.947. The van der Waals surface area contributed by atoms with Crippen molar-refractivity contribution in [2.75, 3.05) is 5.32 Å². The summed E-state index contributed by atoms with van der Waals surface area (Å²) in [5, 5.41) is 16.8. The monoisotopic (exact) mass is 482 g/mol. The van der Waals surface area contributed by atoms with E-state index in [1.54, 1.807) is 11.3 Å². The van der Waals surface area contributed by atoms with Gasteiger partial charge < -0.3 is 10.4 Å². The summed E-state index contributed by atoms with van der Waals surface area (Å²) in [4.78, 5) is 17.1. The van der Waals surface area contributed by atoms with Crippen molar-refractivity contribution in [3.05, 3.63) is 80.7 Å². The summed E-state index contributed by atoms with van der Waals surface area (Å²) >= 11 is 5.21. The number of nitrogens with one attached hydrogen (secondary N) is 1. The Morgan fingerprint density at radius 2 is 1.93 bits per heavy atom. The van der Waals surface area contributed by atoms with E-state index in [0.29, 0.717) is 18.8 Å². The molecule has 1 atom stereocenters. The lowest BCUT2D eigenvalue weighted by Crippen LogP contribution is -2.52. The van der Waals surface area contributed by atoms with E-state index < -0.39 is 11.5 Å². The van der Waals surface area contributed by atoms with Gasteiger partial charge in [0.05, 0.1) is 5.01 Å². The maximum Gasteiger partial charge on any atom is 0.329 e. The van der Waals surface area contributed by atoms with Crippen LogP contribution in [0.4, 0.5) is 5.69 Å². The van der Waals surface area contributed by atoms with Gasteiger partial charge in [0.2, 0.25) is 0 Å². The number of halogens is 1. The molecule has 3 aromatic rings. The van der Waals surface area contributed by atoms with E-state index in [4.69, 9.17) is 0 Å². The number of rotatable bonds is 4. The number of anilines is 1. The van der Waals surface area contributed by atoms with Gasteiger partial charge in [0.1, 0.15) is 5.54 Å². The molecule has 0 aliphatic heterocycles. The molecule has 1 spiro atoms. The molecule has 0 amide bonds. The molecule has 6 heteroatoms. The van der Waals surface area contributed by atoms with Crippen LogP contribution in [-0.2, 0) is 16.6 Å². The second kappa shape index (κ2) is 7.50. The van der Waals surface area contributed by atoms with Gasteiger partial charge >= 0.3 is 5.97 Å². The SMILES string of the molecule is O=C(O)C1(Nc2cccc(Br)c2)CCC2(CC1)c1ccccc1CC2c1nccs1. The second-order valence-electron chi connectivity index (χ2n) is 8.46. The zero-order valence-electron chi connectivity index (χ0n) is 16.5. The highest BCUT2D eigenvalue weighted by Crippen LogP contribution is 2.58. The summed E-state index contributed by atoms with van der Waals surface area (Å²) in [5.41, 5.74) is 2.64. The van der Waals surface area contributed by atoms with Gasteiger partial charge in [-0.2, -0.15) is 0 Å². The molecule has 0 bridgehead atoms. The molecule has 1 saturated carbocycles. The third-order valence-corrected chi connectivity index (χ3v) is 8.39. The molecular weight excluding hydrogens is 460 g/mol. The van der Waals surface area contributed by atoms with Crippen LogP contribution in [-0.4, -0.2) is 21.6 Å². The van der Waals surface area contributed by atoms with Crippen molar-refractivity contribution in [3.63, 3.8) is 0 Å². The molecule has 1 unspecified atom stereocenters. The average Bonchev–Trinajstić information content (AvgIpc) is 3.37. The van der Waals surface area contributed by atoms with Gasteiger partial charge in [-0.15, -0.1) is 11.3 Å². The Morgan fingerprint density at radius 3 is 2.63 bits per heavy atom. The molecule has 2 aromatic carbocycles. The number of aromatic nitrogens is 1. The van der Waals surface area contributed by atoms with Crippen molar-refractivity contribution >= 4 is 38.9 Å². The number of aliphatic carboxylic acids is 1. The normalized spacial score (nSPS) is 27.7. The number of hydrogen-bond acceptors (Lipinski definition) is 4. The minimum absolute atomic E-state index is 0.0354. The van der Waals surface area contributed by atoms with Crippen molar-refractivity contribution in [2.45, 2.75) is 49.0 Å². The highest BCUT2D eigenvalue weighted by Gasteiger charge is 2.54. The maximum absolute atomic E-state index is 12.4. The fourth-order valence-corrected chi connectivity index (χ4v) is 6.75. The highest BCUT2D eigenvalue weighted by molar-refractivity contribution is 9.10. The molecule has 0 saturated heterocycles. The first-order valence-electron chi connectivity index (χ1n) is 10.3. The van der Waals surface area contributed by atoms with Crippen LogP contribution in [0.1, 0.15) is 47.7 Å². The topological polar surface area (TPSA) is 62.2 Å². The van der Waals surface area contributed by atoms with Crippen LogP contribution < -0.4 is 5.32 Å². The highest BCUT2D eigenvalue weighted by atomic mass is 79.9. The summed E-state index contributed by atoms with van der Waals surface area (Å²) in [7, 11) is 0. The van der Waals surface area contributed by atoms with Crippen molar-refractivity contribution in [1.29, 1.82) is 0 Å². The Balaban J connectivity index is 1.49. The van der Waals surface area contributed by atoms with Crippen LogP contribution in [0.2, 0.25) is 0 Å². The van der Waals surface area contributed by atoms with Gasteiger partial charge in [-0.1, -0.05) is 46.3 Å². The van der Waals surface area contributed by atoms with Crippen LogP contribution in [0.3, 0.4) is 0 Å². The first kappa shape index (κ1) is 19.8. The largest absolute Gasteiger partial charge is 0.480 e. The van der Waals surface area contributed by atoms with Crippen LogP contribution in [0.5, 0.6) is 0 Å². The fraction of sp³-hybridized carbons (Fsp3) is 0.333. The average molecular weight is 483 g/mol. The van der Waals surface area contributed by atoms with Crippen molar-refractivity contribution in [3.8, 4) is 0 Å². The lowest BCUT2D eigenvalue weighted by atomic mass is 9.61. The molecule has 2 N–H and O–H groups in total. The molecule has 0 radical (unpaired) electrons. The van der Waals surface area contributed by atoms with Crippen LogP contribution in [0.15, 0.2) is 64.6 Å². The standard InChI is InChI=1S/C24H23BrN2O2S/c25-17-5-3-6-18(15-17)27-24(22(28)29)10-8-23(9-11-24)19-7-2-1-4-16(19)14-20(23)21-26-12-13-30-21/h1-7,12-13,15,20,27H,8-11,14H2,(H,28,29). The molecule has 154 valence electrons. The lowest BCUT2D eigenvalue weighted by Gasteiger charge is -2.46. The van der Waals surface area contributed by atoms with E-state index in [2.05, 4.69) is 50.5 Å². The summed E-state index contributed by atoms with van der Waals surface area (Å²) in [6, 6.07) is 16.4. The van der Waals surface area contributed by atoms with E-state index in [1.807, 2.05) is 35.8 Å². The summed E-state index contributed by atoms with van der Waals surface area (Å²) in [6.07, 6.45) is 5.72. The van der Waals surface area contributed by atoms with Gasteiger partial charge in [-0.3, -0.25) is 0 Å². The summed E-state index contributed by atoms with van der Waals surface area (Å²) in [5.74, 6) is -0.443. The van der Waals surface area contributed by atoms with Gasteiger partial charge in [-0.25, -0.2) is 9.78 Å². The van der Waals surface area contributed by atoms with Gasteiger partial charge in [0, 0.05) is 33.1 Å². The Morgan fingerprint density at radius 1 is 1.13 bits per heavy atom. The summed E-state index contributed by atoms with van der Waals surface area (Å²) in [6.45, 7) is 0. The Kier molecular flexibility index (Phi) is 4.94. The zero-order valence-corrected chi connectivity index (χ0v) is 18.9. The Bertz CT molecular complexity index is 1070. The number of carboxylic acids is 1. The first-order chi connectivity index (χ1) is 14.5. The second-order valence-corrected chi connectivity index (χ2v) is 10.3. The molecule has 2 aliphatic rings. The molecule has 4 nitrogen and oxygen atoms in total. The van der Waals surface area contributed by atoms with Crippen LogP contribution >= 0.6 is 27.3 Å². The van der Waals surface area contributed by atoms with E-state index >= 15 is 0 Å². The quantitative estimate of drug-likeness (QED) is 0.479. The molecular formula is C24H23BrN2O2S. The van der Waals surface area contributed by atoms with Gasteiger partial charge in [0.15, 0.2) is 0 Å². The number of fused-ring (bicyclic) bond motifs is 2.